The molecule has 0 aromatic rings. The van der Waals surface area contributed by atoms with Gasteiger partial charge in [0.05, 0.1) is 12.5 Å². The number of carbonyl (C=O) groups excluding carboxylic acids is 1. The molecule has 0 saturated carbocycles. The summed E-state index contributed by atoms with van der Waals surface area (Å²) < 4.78 is 5.04. The van der Waals surface area contributed by atoms with E-state index >= 15 is 0 Å². The van der Waals surface area contributed by atoms with Crippen molar-refractivity contribution < 1.29 is 9.53 Å². The smallest absolute Gasteiger partial charge is 0.309 e. The fourth-order valence-electron chi connectivity index (χ4n) is 2.55. The predicted octanol–water partition coefficient (Wildman–Crippen LogP) is 2.55. The molecule has 0 aromatic heterocycles. The number of hydrogen-bond acceptors (Lipinski definition) is 3. The molecular weight excluding hydrogens is 214 g/mol. The standard InChI is InChI=1S/C14H27NO2/c1-5-17-14(16)12(4)10-15-8-6-13(7-9-15)11(2)3/h11-13H,5-10H2,1-4H3. The highest BCUT2D eigenvalue weighted by atomic mass is 16.5. The predicted molar refractivity (Wildman–Crippen MR) is 69.8 cm³/mol. The number of esters is 1. The molecule has 100 valence electrons. The number of nitrogens with zero attached hydrogens (tertiary/aromatic N) is 1. The average molecular weight is 241 g/mol. The maximum atomic E-state index is 11.5. The molecule has 1 heterocycles. The van der Waals surface area contributed by atoms with Crippen LogP contribution in [0.3, 0.4) is 0 Å². The minimum Gasteiger partial charge on any atom is -0.466 e. The third-order valence-electron chi connectivity index (χ3n) is 3.80. The second kappa shape index (κ2) is 7.00. The van der Waals surface area contributed by atoms with Gasteiger partial charge in [0.25, 0.3) is 0 Å². The summed E-state index contributed by atoms with van der Waals surface area (Å²) in [6.45, 7) is 12.0. The lowest BCUT2D eigenvalue weighted by Crippen LogP contribution is -2.39. The van der Waals surface area contributed by atoms with E-state index in [1.165, 1.54) is 12.8 Å². The van der Waals surface area contributed by atoms with Gasteiger partial charge in [0.1, 0.15) is 0 Å². The first-order valence-corrected chi connectivity index (χ1v) is 6.93. The normalized spacial score (nSPS) is 20.5. The number of likely N-dealkylation sites (tertiary alicyclic amines) is 1. The maximum Gasteiger partial charge on any atom is 0.309 e. The van der Waals surface area contributed by atoms with Gasteiger partial charge in [-0.15, -0.1) is 0 Å². The molecule has 1 atom stereocenters. The minimum absolute atomic E-state index is 0.00514. The maximum absolute atomic E-state index is 11.5. The number of carbonyl (C=O) groups is 1. The van der Waals surface area contributed by atoms with E-state index in [0.717, 1.165) is 31.5 Å². The van der Waals surface area contributed by atoms with Crippen LogP contribution in [0.1, 0.15) is 40.5 Å². The Hall–Kier alpha value is -0.570. The van der Waals surface area contributed by atoms with Gasteiger partial charge in [0.2, 0.25) is 0 Å². The van der Waals surface area contributed by atoms with Crippen molar-refractivity contribution in [1.82, 2.24) is 4.90 Å². The molecule has 0 spiro atoms. The van der Waals surface area contributed by atoms with Gasteiger partial charge in [-0.05, 0) is 44.7 Å². The Morgan fingerprint density at radius 3 is 2.35 bits per heavy atom. The molecular formula is C14H27NO2. The Balaban J connectivity index is 2.28. The topological polar surface area (TPSA) is 29.5 Å². The molecule has 1 aliphatic rings. The highest BCUT2D eigenvalue weighted by Gasteiger charge is 2.24. The fraction of sp³-hybridized carbons (Fsp3) is 0.929. The molecule has 17 heavy (non-hydrogen) atoms. The van der Waals surface area contributed by atoms with Crippen LogP contribution in [-0.4, -0.2) is 37.1 Å². The van der Waals surface area contributed by atoms with Gasteiger partial charge in [-0.2, -0.15) is 0 Å². The van der Waals surface area contributed by atoms with Crippen LogP contribution in [0, 0.1) is 17.8 Å². The Labute approximate surface area is 106 Å². The van der Waals surface area contributed by atoms with E-state index in [9.17, 15) is 4.79 Å². The van der Waals surface area contributed by atoms with Gasteiger partial charge >= 0.3 is 5.97 Å². The third kappa shape index (κ3) is 4.66. The molecule has 0 amide bonds. The van der Waals surface area contributed by atoms with Crippen molar-refractivity contribution in [2.75, 3.05) is 26.2 Å². The lowest BCUT2D eigenvalue weighted by atomic mass is 9.86. The Bertz CT molecular complexity index is 232. The van der Waals surface area contributed by atoms with Crippen LogP contribution in [0.4, 0.5) is 0 Å². The first-order valence-electron chi connectivity index (χ1n) is 6.93. The molecule has 1 fully saturated rings. The van der Waals surface area contributed by atoms with E-state index in [-0.39, 0.29) is 11.9 Å². The van der Waals surface area contributed by atoms with Gasteiger partial charge in [-0.3, -0.25) is 4.79 Å². The van der Waals surface area contributed by atoms with E-state index in [0.29, 0.717) is 6.61 Å². The highest BCUT2D eigenvalue weighted by Crippen LogP contribution is 2.24. The largest absolute Gasteiger partial charge is 0.466 e. The summed E-state index contributed by atoms with van der Waals surface area (Å²) in [5.41, 5.74) is 0. The monoisotopic (exact) mass is 241 g/mol. The summed E-state index contributed by atoms with van der Waals surface area (Å²) in [6.07, 6.45) is 2.54. The van der Waals surface area contributed by atoms with E-state index in [4.69, 9.17) is 4.74 Å². The van der Waals surface area contributed by atoms with E-state index in [2.05, 4.69) is 18.7 Å². The van der Waals surface area contributed by atoms with Crippen molar-refractivity contribution in [3.63, 3.8) is 0 Å². The molecule has 1 unspecified atom stereocenters. The van der Waals surface area contributed by atoms with E-state index in [1.807, 2.05) is 13.8 Å². The lowest BCUT2D eigenvalue weighted by Gasteiger charge is -2.34. The molecule has 0 aromatic carbocycles. The number of piperidine rings is 1. The van der Waals surface area contributed by atoms with Crippen molar-refractivity contribution in [3.8, 4) is 0 Å². The highest BCUT2D eigenvalue weighted by molar-refractivity contribution is 5.72. The fourth-order valence-corrected chi connectivity index (χ4v) is 2.55. The van der Waals surface area contributed by atoms with Gasteiger partial charge in [-0.1, -0.05) is 20.8 Å². The minimum atomic E-state index is -0.0570. The van der Waals surface area contributed by atoms with Gasteiger partial charge in [0.15, 0.2) is 0 Å². The molecule has 0 radical (unpaired) electrons. The quantitative estimate of drug-likeness (QED) is 0.693. The summed E-state index contributed by atoms with van der Waals surface area (Å²) in [5, 5.41) is 0. The van der Waals surface area contributed by atoms with Crippen molar-refractivity contribution in [2.45, 2.75) is 40.5 Å². The summed E-state index contributed by atoms with van der Waals surface area (Å²) >= 11 is 0. The van der Waals surface area contributed by atoms with Gasteiger partial charge in [0, 0.05) is 6.54 Å². The van der Waals surface area contributed by atoms with Crippen molar-refractivity contribution in [2.24, 2.45) is 17.8 Å². The van der Waals surface area contributed by atoms with Gasteiger partial charge in [-0.25, -0.2) is 0 Å². The number of rotatable bonds is 5. The second-order valence-corrected chi connectivity index (χ2v) is 5.54. The molecule has 0 N–H and O–H groups in total. The van der Waals surface area contributed by atoms with Crippen LogP contribution in [0.5, 0.6) is 0 Å². The molecule has 1 rings (SSSR count). The molecule has 3 nitrogen and oxygen atoms in total. The van der Waals surface area contributed by atoms with Crippen LogP contribution in [-0.2, 0) is 9.53 Å². The SMILES string of the molecule is CCOC(=O)C(C)CN1CCC(C(C)C)CC1. The van der Waals surface area contributed by atoms with E-state index < -0.39 is 0 Å². The molecule has 0 aliphatic carbocycles. The summed E-state index contributed by atoms with van der Waals surface area (Å²) in [7, 11) is 0. The van der Waals surface area contributed by atoms with Crippen LogP contribution in [0.15, 0.2) is 0 Å². The van der Waals surface area contributed by atoms with Gasteiger partial charge < -0.3 is 9.64 Å². The summed E-state index contributed by atoms with van der Waals surface area (Å²) in [5.74, 6) is 1.60. The Morgan fingerprint density at radius 2 is 1.88 bits per heavy atom. The second-order valence-electron chi connectivity index (χ2n) is 5.54. The zero-order valence-electron chi connectivity index (χ0n) is 11.7. The number of ether oxygens (including phenoxy) is 1. The van der Waals surface area contributed by atoms with Crippen molar-refractivity contribution >= 4 is 5.97 Å². The molecule has 3 heteroatoms. The average Bonchev–Trinajstić information content (AvgIpc) is 2.30. The molecule has 1 saturated heterocycles. The van der Waals surface area contributed by atoms with Crippen molar-refractivity contribution in [1.29, 1.82) is 0 Å². The molecule has 0 bridgehead atoms. The zero-order valence-corrected chi connectivity index (χ0v) is 11.7. The summed E-state index contributed by atoms with van der Waals surface area (Å²) in [4.78, 5) is 13.9. The lowest BCUT2D eigenvalue weighted by molar-refractivity contribution is -0.148. The van der Waals surface area contributed by atoms with Crippen LogP contribution in [0.2, 0.25) is 0 Å². The summed E-state index contributed by atoms with van der Waals surface area (Å²) in [6, 6.07) is 0. The van der Waals surface area contributed by atoms with E-state index in [1.54, 1.807) is 0 Å². The van der Waals surface area contributed by atoms with Crippen molar-refractivity contribution in [3.05, 3.63) is 0 Å². The Kier molecular flexibility index (Phi) is 5.96. The van der Waals surface area contributed by atoms with Crippen LogP contribution >= 0.6 is 0 Å². The third-order valence-corrected chi connectivity index (χ3v) is 3.80. The first kappa shape index (κ1) is 14.5. The number of hydrogen-bond donors (Lipinski definition) is 0. The first-order chi connectivity index (χ1) is 8.04. The Morgan fingerprint density at radius 1 is 1.29 bits per heavy atom. The van der Waals surface area contributed by atoms with Crippen LogP contribution in [0.25, 0.3) is 0 Å². The zero-order chi connectivity index (χ0) is 12.8. The molecule has 1 aliphatic heterocycles. The van der Waals surface area contributed by atoms with Crippen LogP contribution < -0.4 is 0 Å².